The molecule has 1 nitrogen and oxygen atoms in total. The summed E-state index contributed by atoms with van der Waals surface area (Å²) in [7, 11) is 0. The Labute approximate surface area is 77.4 Å². The van der Waals surface area contributed by atoms with Crippen molar-refractivity contribution in [2.75, 3.05) is 0 Å². The summed E-state index contributed by atoms with van der Waals surface area (Å²) in [4.78, 5) is 10.5. The third kappa shape index (κ3) is 2.80. The number of ketones is 1. The molecule has 10 heavy (non-hydrogen) atoms. The first kappa shape index (κ1) is 10.1. The summed E-state index contributed by atoms with van der Waals surface area (Å²) >= 11 is 6.28. The molecule has 0 bridgehead atoms. The molecular weight excluding hydrogens is 260 g/mol. The van der Waals surface area contributed by atoms with E-state index in [2.05, 4.69) is 45.0 Å². The summed E-state index contributed by atoms with van der Waals surface area (Å²) in [6.07, 6.45) is 3.08. The highest BCUT2D eigenvalue weighted by atomic mass is 79.9. The number of hydrogen-bond acceptors (Lipinski definition) is 1. The summed E-state index contributed by atoms with van der Waals surface area (Å²) in [5, 5.41) is 0. The van der Waals surface area contributed by atoms with Crippen LogP contribution in [0, 0.1) is 0 Å². The fraction of sp³-hybridized carbons (Fsp3) is 0.286. The summed E-state index contributed by atoms with van der Waals surface area (Å²) in [5.74, 6) is 0.0185. The summed E-state index contributed by atoms with van der Waals surface area (Å²) < 4.78 is 0. The number of carbonyl (C=O) groups excluding carboxylic acids is 1. The Balaban J connectivity index is 4.06. The molecule has 0 aliphatic rings. The highest BCUT2D eigenvalue weighted by molar-refractivity contribution is 9.10. The van der Waals surface area contributed by atoms with Crippen molar-refractivity contribution < 1.29 is 4.79 Å². The van der Waals surface area contributed by atoms with Crippen molar-refractivity contribution in [2.45, 2.75) is 9.65 Å². The van der Waals surface area contributed by atoms with Crippen LogP contribution < -0.4 is 0 Å². The molecule has 0 fully saturated rings. The Kier molecular flexibility index (Phi) is 4.91. The van der Waals surface area contributed by atoms with Gasteiger partial charge in [-0.3, -0.25) is 4.79 Å². The van der Waals surface area contributed by atoms with E-state index in [9.17, 15) is 4.79 Å². The number of allylic oxidation sites excluding steroid dienone is 2. The maximum atomic E-state index is 11.1. The van der Waals surface area contributed by atoms with E-state index in [1.165, 1.54) is 0 Å². The van der Waals surface area contributed by atoms with Gasteiger partial charge in [0.1, 0.15) is 0 Å². The minimum atomic E-state index is -0.283. The highest BCUT2D eigenvalue weighted by Crippen LogP contribution is 2.11. The van der Waals surface area contributed by atoms with Gasteiger partial charge in [0.2, 0.25) is 0 Å². The first-order valence-electron chi connectivity index (χ1n) is 2.70. The first-order valence-corrected chi connectivity index (χ1v) is 4.53. The van der Waals surface area contributed by atoms with Crippen molar-refractivity contribution in [3.8, 4) is 0 Å². The number of rotatable bonds is 4. The molecule has 2 unspecified atom stereocenters. The number of hydrogen-bond donors (Lipinski definition) is 0. The van der Waals surface area contributed by atoms with Gasteiger partial charge in [-0.15, -0.1) is 13.2 Å². The van der Waals surface area contributed by atoms with Crippen LogP contribution in [0.1, 0.15) is 0 Å². The first-order chi connectivity index (χ1) is 4.63. The molecule has 0 saturated carbocycles. The second-order valence-electron chi connectivity index (χ2n) is 1.68. The van der Waals surface area contributed by atoms with Crippen LogP contribution in [-0.4, -0.2) is 15.4 Å². The van der Waals surface area contributed by atoms with Gasteiger partial charge in [-0.05, 0) is 0 Å². The molecule has 0 aromatic rings. The fourth-order valence-corrected chi connectivity index (χ4v) is 1.31. The van der Waals surface area contributed by atoms with Crippen LogP contribution in [-0.2, 0) is 4.79 Å². The monoisotopic (exact) mass is 266 g/mol. The minimum Gasteiger partial charge on any atom is -0.296 e. The van der Waals surface area contributed by atoms with Crippen LogP contribution in [0.25, 0.3) is 0 Å². The Hall–Kier alpha value is 0.110. The molecule has 3 heteroatoms. The molecule has 0 saturated heterocycles. The van der Waals surface area contributed by atoms with Gasteiger partial charge in [0.05, 0.1) is 9.65 Å². The maximum absolute atomic E-state index is 11.1. The molecule has 0 aliphatic carbocycles. The van der Waals surface area contributed by atoms with Crippen molar-refractivity contribution >= 4 is 37.6 Å². The lowest BCUT2D eigenvalue weighted by Gasteiger charge is -2.04. The van der Waals surface area contributed by atoms with E-state index >= 15 is 0 Å². The SMILES string of the molecule is C=CC(Br)C(=O)C(Br)C=C. The van der Waals surface area contributed by atoms with Crippen LogP contribution in [0.3, 0.4) is 0 Å². The number of alkyl halides is 2. The smallest absolute Gasteiger partial charge is 0.167 e. The molecule has 2 atom stereocenters. The van der Waals surface area contributed by atoms with E-state index in [1.807, 2.05) is 0 Å². The predicted octanol–water partition coefficient (Wildman–Crippen LogP) is 2.45. The molecular formula is C7H8Br2O. The molecule has 0 radical (unpaired) electrons. The number of halogens is 2. The third-order valence-corrected chi connectivity index (χ3v) is 2.61. The molecule has 0 rings (SSSR count). The van der Waals surface area contributed by atoms with E-state index < -0.39 is 0 Å². The van der Waals surface area contributed by atoms with Gasteiger partial charge in [-0.25, -0.2) is 0 Å². The normalized spacial score (nSPS) is 15.4. The Morgan fingerprint density at radius 2 is 1.50 bits per heavy atom. The van der Waals surface area contributed by atoms with Crippen molar-refractivity contribution in [1.82, 2.24) is 0 Å². The van der Waals surface area contributed by atoms with E-state index in [4.69, 9.17) is 0 Å². The summed E-state index contributed by atoms with van der Waals surface area (Å²) in [5.41, 5.74) is 0. The van der Waals surface area contributed by atoms with Gasteiger partial charge in [-0.1, -0.05) is 44.0 Å². The zero-order valence-corrected chi connectivity index (χ0v) is 8.56. The van der Waals surface area contributed by atoms with E-state index in [0.717, 1.165) is 0 Å². The Morgan fingerprint density at radius 1 is 1.20 bits per heavy atom. The molecule has 0 aromatic heterocycles. The zero-order chi connectivity index (χ0) is 8.15. The van der Waals surface area contributed by atoms with Crippen LogP contribution in [0.5, 0.6) is 0 Å². The van der Waals surface area contributed by atoms with Crippen LogP contribution in [0.15, 0.2) is 25.3 Å². The lowest BCUT2D eigenvalue weighted by atomic mass is 10.2. The molecule has 0 N–H and O–H groups in total. The van der Waals surface area contributed by atoms with Gasteiger partial charge in [-0.2, -0.15) is 0 Å². The van der Waals surface area contributed by atoms with Gasteiger partial charge >= 0.3 is 0 Å². The fourth-order valence-electron chi connectivity index (χ4n) is 0.384. The molecule has 0 spiro atoms. The third-order valence-electron chi connectivity index (χ3n) is 0.957. The van der Waals surface area contributed by atoms with Gasteiger partial charge in [0.25, 0.3) is 0 Å². The minimum absolute atomic E-state index is 0.0185. The average Bonchev–Trinajstić information content (AvgIpc) is 2.00. The van der Waals surface area contributed by atoms with Crippen LogP contribution >= 0.6 is 31.9 Å². The largest absolute Gasteiger partial charge is 0.296 e. The number of Topliss-reactive ketones (excluding diaryl/α,β-unsaturated/α-hetero) is 1. The zero-order valence-electron chi connectivity index (χ0n) is 5.39. The molecule has 0 aliphatic heterocycles. The summed E-state index contributed by atoms with van der Waals surface area (Å²) in [6.45, 7) is 6.95. The lowest BCUT2D eigenvalue weighted by molar-refractivity contribution is -0.116. The standard InChI is InChI=1S/C7H8Br2O/c1-3-5(8)7(10)6(9)4-2/h3-6H,1-2H2. The topological polar surface area (TPSA) is 17.1 Å². The van der Waals surface area contributed by atoms with Gasteiger partial charge in [0, 0.05) is 0 Å². The highest BCUT2D eigenvalue weighted by Gasteiger charge is 2.16. The quantitative estimate of drug-likeness (QED) is 0.565. The molecule has 0 heterocycles. The number of carbonyl (C=O) groups is 1. The molecule has 0 amide bonds. The average molecular weight is 268 g/mol. The van der Waals surface area contributed by atoms with E-state index in [1.54, 1.807) is 12.2 Å². The maximum Gasteiger partial charge on any atom is 0.167 e. The Morgan fingerprint density at radius 3 is 1.70 bits per heavy atom. The van der Waals surface area contributed by atoms with Crippen molar-refractivity contribution in [1.29, 1.82) is 0 Å². The molecule has 0 aromatic carbocycles. The van der Waals surface area contributed by atoms with Crippen molar-refractivity contribution in [3.05, 3.63) is 25.3 Å². The van der Waals surface area contributed by atoms with Crippen molar-refractivity contribution in [2.24, 2.45) is 0 Å². The lowest BCUT2D eigenvalue weighted by Crippen LogP contribution is -2.20. The van der Waals surface area contributed by atoms with E-state index in [-0.39, 0.29) is 15.4 Å². The molecule has 56 valence electrons. The predicted molar refractivity (Wildman–Crippen MR) is 50.8 cm³/mol. The second-order valence-corrected chi connectivity index (χ2v) is 3.65. The van der Waals surface area contributed by atoms with E-state index in [0.29, 0.717) is 0 Å². The second kappa shape index (κ2) is 4.85. The van der Waals surface area contributed by atoms with Crippen molar-refractivity contribution in [3.63, 3.8) is 0 Å². The van der Waals surface area contributed by atoms with Gasteiger partial charge in [0.15, 0.2) is 5.78 Å². The van der Waals surface area contributed by atoms with Crippen LogP contribution in [0.2, 0.25) is 0 Å². The Bertz CT molecular complexity index is 138. The summed E-state index contributed by atoms with van der Waals surface area (Å²) in [6, 6.07) is 0. The van der Waals surface area contributed by atoms with Gasteiger partial charge < -0.3 is 0 Å². The van der Waals surface area contributed by atoms with Crippen LogP contribution in [0.4, 0.5) is 0 Å².